The minimum absolute atomic E-state index is 0.0455. The molecule has 0 spiro atoms. The monoisotopic (exact) mass is 438 g/mol. The van der Waals surface area contributed by atoms with E-state index in [-0.39, 0.29) is 18.1 Å². The summed E-state index contributed by atoms with van der Waals surface area (Å²) in [5, 5.41) is 6.03. The van der Waals surface area contributed by atoms with Crippen molar-refractivity contribution < 1.29 is 9.32 Å². The fraction of sp³-hybridized carbons (Fsp3) is 0.333. The summed E-state index contributed by atoms with van der Waals surface area (Å²) < 4.78 is 8.51. The third kappa shape index (κ3) is 3.79. The average molecular weight is 439 g/mol. The maximum absolute atomic E-state index is 12.9. The van der Waals surface area contributed by atoms with Crippen LogP contribution in [-0.4, -0.2) is 61.2 Å². The van der Waals surface area contributed by atoms with E-state index >= 15 is 0 Å². The number of thiophene rings is 1. The van der Waals surface area contributed by atoms with Crippen molar-refractivity contribution in [3.05, 3.63) is 58.2 Å². The zero-order chi connectivity index (χ0) is 21.4. The standard InChI is InChI=1S/C21H22N6O3S/c1-24-15-5-2-3-6-16(15)27(21(24)29)14-19(28)26-10-8-25(9-11-26)13-18-22-20(23-30-18)17-7-4-12-31-17/h2-7,12H,8-11,13-14H2,1H3. The smallest absolute Gasteiger partial charge is 0.329 e. The molecule has 9 nitrogen and oxygen atoms in total. The van der Waals surface area contributed by atoms with E-state index in [2.05, 4.69) is 15.0 Å². The molecule has 1 fully saturated rings. The molecule has 1 aliphatic heterocycles. The van der Waals surface area contributed by atoms with E-state index in [1.807, 2.05) is 46.7 Å². The fourth-order valence-electron chi connectivity index (χ4n) is 3.92. The number of aryl methyl sites for hydroxylation is 1. The number of rotatable bonds is 5. The first kappa shape index (κ1) is 19.7. The Bertz CT molecular complexity index is 1260. The third-order valence-corrected chi connectivity index (χ3v) is 6.50. The summed E-state index contributed by atoms with van der Waals surface area (Å²) in [4.78, 5) is 34.9. The van der Waals surface area contributed by atoms with Crippen LogP contribution in [0, 0.1) is 0 Å². The van der Waals surface area contributed by atoms with E-state index in [1.165, 1.54) is 0 Å². The maximum Gasteiger partial charge on any atom is 0.329 e. The van der Waals surface area contributed by atoms with Crippen molar-refractivity contribution in [2.24, 2.45) is 7.05 Å². The van der Waals surface area contributed by atoms with E-state index in [4.69, 9.17) is 4.52 Å². The third-order valence-electron chi connectivity index (χ3n) is 5.64. The molecule has 0 bridgehead atoms. The molecule has 31 heavy (non-hydrogen) atoms. The van der Waals surface area contributed by atoms with Crippen LogP contribution in [0.15, 0.2) is 51.1 Å². The van der Waals surface area contributed by atoms with Crippen LogP contribution in [0.25, 0.3) is 21.7 Å². The van der Waals surface area contributed by atoms with Gasteiger partial charge in [-0.05, 0) is 23.6 Å². The molecule has 1 saturated heterocycles. The van der Waals surface area contributed by atoms with Gasteiger partial charge in [-0.1, -0.05) is 23.4 Å². The van der Waals surface area contributed by atoms with Crippen LogP contribution in [0.1, 0.15) is 5.89 Å². The van der Waals surface area contributed by atoms with Crippen LogP contribution in [0.2, 0.25) is 0 Å². The minimum Gasteiger partial charge on any atom is -0.339 e. The van der Waals surface area contributed by atoms with Gasteiger partial charge in [-0.3, -0.25) is 18.8 Å². The normalized spacial score (nSPS) is 15.1. The van der Waals surface area contributed by atoms with Gasteiger partial charge in [0.25, 0.3) is 0 Å². The molecule has 5 rings (SSSR count). The van der Waals surface area contributed by atoms with Crippen molar-refractivity contribution in [2.45, 2.75) is 13.1 Å². The fourth-order valence-corrected chi connectivity index (χ4v) is 4.57. The molecule has 4 aromatic rings. The lowest BCUT2D eigenvalue weighted by atomic mass is 10.3. The summed E-state index contributed by atoms with van der Waals surface area (Å²) in [6.07, 6.45) is 0. The molecule has 3 aromatic heterocycles. The number of benzene rings is 1. The highest BCUT2D eigenvalue weighted by Crippen LogP contribution is 2.21. The Hall–Kier alpha value is -3.24. The van der Waals surface area contributed by atoms with Crippen molar-refractivity contribution >= 4 is 28.3 Å². The highest BCUT2D eigenvalue weighted by atomic mass is 32.1. The summed E-state index contributed by atoms with van der Waals surface area (Å²) in [5.74, 6) is 1.14. The summed E-state index contributed by atoms with van der Waals surface area (Å²) >= 11 is 1.57. The molecule has 10 heteroatoms. The summed E-state index contributed by atoms with van der Waals surface area (Å²) in [6, 6.07) is 11.4. The molecule has 160 valence electrons. The van der Waals surface area contributed by atoms with E-state index in [9.17, 15) is 9.59 Å². The Labute approximate surface area is 182 Å². The second kappa shape index (κ2) is 8.12. The Morgan fingerprint density at radius 2 is 1.87 bits per heavy atom. The zero-order valence-corrected chi connectivity index (χ0v) is 17.9. The van der Waals surface area contributed by atoms with Gasteiger partial charge in [0.1, 0.15) is 6.54 Å². The number of hydrogen-bond donors (Lipinski definition) is 0. The first-order chi connectivity index (χ1) is 15.1. The number of amides is 1. The molecule has 4 heterocycles. The van der Waals surface area contributed by atoms with Crippen LogP contribution in [0.5, 0.6) is 0 Å². The molecule has 0 atom stereocenters. The summed E-state index contributed by atoms with van der Waals surface area (Å²) in [5.41, 5.74) is 1.43. The van der Waals surface area contributed by atoms with Gasteiger partial charge >= 0.3 is 5.69 Å². The summed E-state index contributed by atoms with van der Waals surface area (Å²) in [6.45, 7) is 3.24. The predicted octanol–water partition coefficient (Wildman–Crippen LogP) is 1.80. The first-order valence-electron chi connectivity index (χ1n) is 10.1. The molecule has 0 N–H and O–H groups in total. The quantitative estimate of drug-likeness (QED) is 0.472. The number of carbonyl (C=O) groups is 1. The number of nitrogens with zero attached hydrogens (tertiary/aromatic N) is 6. The Kier molecular flexibility index (Phi) is 5.16. The molecular weight excluding hydrogens is 416 g/mol. The maximum atomic E-state index is 12.9. The molecule has 0 aliphatic carbocycles. The highest BCUT2D eigenvalue weighted by molar-refractivity contribution is 7.13. The van der Waals surface area contributed by atoms with Crippen LogP contribution in [-0.2, 0) is 24.9 Å². The van der Waals surface area contributed by atoms with E-state index in [0.717, 1.165) is 15.9 Å². The topological polar surface area (TPSA) is 89.4 Å². The number of fused-ring (bicyclic) bond motifs is 1. The van der Waals surface area contributed by atoms with Crippen molar-refractivity contribution in [2.75, 3.05) is 26.2 Å². The number of para-hydroxylation sites is 2. The summed E-state index contributed by atoms with van der Waals surface area (Å²) in [7, 11) is 1.73. The number of carbonyl (C=O) groups excluding carboxylic acids is 1. The van der Waals surface area contributed by atoms with Gasteiger partial charge in [-0.15, -0.1) is 11.3 Å². The Morgan fingerprint density at radius 3 is 2.61 bits per heavy atom. The number of piperazine rings is 1. The lowest BCUT2D eigenvalue weighted by molar-refractivity contribution is -0.133. The van der Waals surface area contributed by atoms with Gasteiger partial charge in [0.15, 0.2) is 0 Å². The number of hydrogen-bond acceptors (Lipinski definition) is 7. The SMILES string of the molecule is Cn1c(=O)n(CC(=O)N2CCN(Cc3nc(-c4cccs4)no3)CC2)c2ccccc21. The van der Waals surface area contributed by atoms with Crippen LogP contribution in [0.3, 0.4) is 0 Å². The largest absolute Gasteiger partial charge is 0.339 e. The van der Waals surface area contributed by atoms with Gasteiger partial charge in [0.05, 0.1) is 22.5 Å². The Balaban J connectivity index is 1.20. The van der Waals surface area contributed by atoms with Crippen molar-refractivity contribution in [3.63, 3.8) is 0 Å². The van der Waals surface area contributed by atoms with Gasteiger partial charge in [-0.25, -0.2) is 4.79 Å². The molecule has 0 saturated carbocycles. The molecular formula is C21H22N6O3S. The minimum atomic E-state index is -0.175. The van der Waals surface area contributed by atoms with Crippen molar-refractivity contribution in [1.29, 1.82) is 0 Å². The highest BCUT2D eigenvalue weighted by Gasteiger charge is 2.24. The van der Waals surface area contributed by atoms with Crippen molar-refractivity contribution in [3.8, 4) is 10.7 Å². The van der Waals surface area contributed by atoms with E-state index in [0.29, 0.717) is 44.4 Å². The van der Waals surface area contributed by atoms with Crippen LogP contribution >= 0.6 is 11.3 Å². The number of aromatic nitrogens is 4. The molecule has 0 radical (unpaired) electrons. The lowest BCUT2D eigenvalue weighted by Gasteiger charge is -2.34. The molecule has 1 aromatic carbocycles. The second-order valence-corrected chi connectivity index (χ2v) is 8.51. The second-order valence-electron chi connectivity index (χ2n) is 7.56. The first-order valence-corrected chi connectivity index (χ1v) is 11.0. The number of imidazole rings is 1. The van der Waals surface area contributed by atoms with Gasteiger partial charge < -0.3 is 9.42 Å². The van der Waals surface area contributed by atoms with Crippen LogP contribution in [0.4, 0.5) is 0 Å². The molecule has 1 aliphatic rings. The van der Waals surface area contributed by atoms with Gasteiger partial charge in [0, 0.05) is 33.2 Å². The van der Waals surface area contributed by atoms with Crippen molar-refractivity contribution in [1.82, 2.24) is 29.1 Å². The van der Waals surface area contributed by atoms with Gasteiger partial charge in [-0.2, -0.15) is 4.98 Å². The van der Waals surface area contributed by atoms with E-state index in [1.54, 1.807) is 27.5 Å². The predicted molar refractivity (Wildman–Crippen MR) is 117 cm³/mol. The van der Waals surface area contributed by atoms with E-state index < -0.39 is 0 Å². The molecule has 0 unspecified atom stereocenters. The van der Waals surface area contributed by atoms with Gasteiger partial charge in [0.2, 0.25) is 17.6 Å². The lowest BCUT2D eigenvalue weighted by Crippen LogP contribution is -2.49. The average Bonchev–Trinajstić information content (AvgIpc) is 3.53. The Morgan fingerprint density at radius 1 is 1.10 bits per heavy atom. The molecule has 1 amide bonds. The van der Waals surface area contributed by atoms with Crippen LogP contribution < -0.4 is 5.69 Å². The zero-order valence-electron chi connectivity index (χ0n) is 17.1.